The first kappa shape index (κ1) is 20.7. The Labute approximate surface area is 168 Å². The summed E-state index contributed by atoms with van der Waals surface area (Å²) in [5.41, 5.74) is -0.225. The summed E-state index contributed by atoms with van der Waals surface area (Å²) < 4.78 is 30.6. The van der Waals surface area contributed by atoms with E-state index in [0.717, 1.165) is 12.3 Å². The molecule has 1 aliphatic heterocycles. The zero-order valence-corrected chi connectivity index (χ0v) is 16.6. The van der Waals surface area contributed by atoms with Crippen molar-refractivity contribution in [3.05, 3.63) is 64.2 Å². The highest BCUT2D eigenvalue weighted by atomic mass is 32.2. The Morgan fingerprint density at radius 1 is 1.24 bits per heavy atom. The van der Waals surface area contributed by atoms with Crippen LogP contribution in [0.1, 0.15) is 23.2 Å². The molecule has 3 rings (SSSR count). The van der Waals surface area contributed by atoms with Crippen molar-refractivity contribution in [3.8, 4) is 11.5 Å². The van der Waals surface area contributed by atoms with E-state index in [1.165, 1.54) is 16.4 Å². The molecule has 1 amide bonds. The van der Waals surface area contributed by atoms with Gasteiger partial charge >= 0.3 is 0 Å². The predicted octanol–water partition coefficient (Wildman–Crippen LogP) is 2.54. The number of benzene rings is 2. The first-order valence-corrected chi connectivity index (χ1v) is 10.9. The fourth-order valence-corrected chi connectivity index (χ4v) is 4.05. The Kier molecular flexibility index (Phi) is 6.14. The van der Waals surface area contributed by atoms with E-state index in [9.17, 15) is 23.3 Å². The van der Waals surface area contributed by atoms with Crippen molar-refractivity contribution in [1.29, 1.82) is 0 Å². The molecule has 1 heterocycles. The molecule has 29 heavy (non-hydrogen) atoms. The monoisotopic (exact) mass is 419 g/mol. The van der Waals surface area contributed by atoms with Crippen LogP contribution in [0.25, 0.3) is 0 Å². The van der Waals surface area contributed by atoms with Gasteiger partial charge in [-0.3, -0.25) is 14.9 Å². The molecule has 1 atom stereocenters. The third-order valence-electron chi connectivity index (χ3n) is 4.58. The summed E-state index contributed by atoms with van der Waals surface area (Å²) in [6, 6.07) is 12.2. The van der Waals surface area contributed by atoms with Crippen molar-refractivity contribution < 1.29 is 22.9 Å². The smallest absolute Gasteiger partial charge is 0.270 e. The van der Waals surface area contributed by atoms with Crippen molar-refractivity contribution >= 4 is 21.6 Å². The number of ether oxygens (including phenoxy) is 1. The standard InChI is InChI=1S/C19H21N3O6S/c1-29(26,27)21-11-5-6-14(13-21)20-19(23)17-12-15(22(24)25)9-10-18(17)28-16-7-3-2-4-8-16/h2-4,7-10,12,14H,5-6,11,13H2,1H3,(H,20,23). The maximum Gasteiger partial charge on any atom is 0.270 e. The van der Waals surface area contributed by atoms with Gasteiger partial charge in [0.2, 0.25) is 10.0 Å². The first-order chi connectivity index (χ1) is 13.7. The third-order valence-corrected chi connectivity index (χ3v) is 5.85. The Morgan fingerprint density at radius 2 is 1.97 bits per heavy atom. The largest absolute Gasteiger partial charge is 0.457 e. The van der Waals surface area contributed by atoms with Gasteiger partial charge in [-0.15, -0.1) is 0 Å². The van der Waals surface area contributed by atoms with Gasteiger partial charge < -0.3 is 10.1 Å². The Morgan fingerprint density at radius 3 is 2.62 bits per heavy atom. The summed E-state index contributed by atoms with van der Waals surface area (Å²) in [6.07, 6.45) is 2.35. The molecule has 10 heteroatoms. The molecule has 1 fully saturated rings. The fraction of sp³-hybridized carbons (Fsp3) is 0.316. The van der Waals surface area contributed by atoms with Gasteiger partial charge in [0.1, 0.15) is 11.5 Å². The molecule has 2 aromatic rings. The predicted molar refractivity (Wildman–Crippen MR) is 107 cm³/mol. The molecule has 0 spiro atoms. The van der Waals surface area contributed by atoms with Crippen LogP contribution in [0.3, 0.4) is 0 Å². The van der Waals surface area contributed by atoms with Crippen LogP contribution >= 0.6 is 0 Å². The fourth-order valence-electron chi connectivity index (χ4n) is 3.14. The second kappa shape index (κ2) is 8.58. The lowest BCUT2D eigenvalue weighted by atomic mass is 10.1. The van der Waals surface area contributed by atoms with Crippen molar-refractivity contribution in [2.75, 3.05) is 19.3 Å². The number of nitrogens with one attached hydrogen (secondary N) is 1. The summed E-state index contributed by atoms with van der Waals surface area (Å²) >= 11 is 0. The Bertz CT molecular complexity index is 1010. The number of rotatable bonds is 6. The average Bonchev–Trinajstić information content (AvgIpc) is 2.68. The van der Waals surface area contributed by atoms with E-state index in [2.05, 4.69) is 5.32 Å². The van der Waals surface area contributed by atoms with Gasteiger partial charge in [-0.2, -0.15) is 0 Å². The van der Waals surface area contributed by atoms with Gasteiger partial charge in [0.15, 0.2) is 0 Å². The van der Waals surface area contributed by atoms with E-state index in [4.69, 9.17) is 4.74 Å². The van der Waals surface area contributed by atoms with E-state index < -0.39 is 26.9 Å². The van der Waals surface area contributed by atoms with Gasteiger partial charge in [-0.1, -0.05) is 18.2 Å². The molecular formula is C19H21N3O6S. The zero-order chi connectivity index (χ0) is 21.0. The minimum Gasteiger partial charge on any atom is -0.457 e. The number of carbonyl (C=O) groups is 1. The molecule has 0 bridgehead atoms. The SMILES string of the molecule is CS(=O)(=O)N1CCCC(NC(=O)c2cc([N+](=O)[O-])ccc2Oc2ccccc2)C1. The molecule has 0 aromatic heterocycles. The van der Waals surface area contributed by atoms with E-state index in [0.29, 0.717) is 25.1 Å². The van der Waals surface area contributed by atoms with Crippen LogP contribution in [0.2, 0.25) is 0 Å². The summed E-state index contributed by atoms with van der Waals surface area (Å²) in [4.78, 5) is 23.4. The molecule has 1 unspecified atom stereocenters. The number of amides is 1. The summed E-state index contributed by atoms with van der Waals surface area (Å²) in [7, 11) is -3.36. The molecule has 1 N–H and O–H groups in total. The lowest BCUT2D eigenvalue weighted by Crippen LogP contribution is -2.49. The second-order valence-corrected chi connectivity index (χ2v) is 8.77. The summed E-state index contributed by atoms with van der Waals surface area (Å²) in [5, 5.41) is 13.9. The highest BCUT2D eigenvalue weighted by molar-refractivity contribution is 7.88. The van der Waals surface area contributed by atoms with Crippen LogP contribution in [-0.4, -0.2) is 48.9 Å². The number of carbonyl (C=O) groups excluding carboxylic acids is 1. The number of hydrogen-bond donors (Lipinski definition) is 1. The molecule has 0 radical (unpaired) electrons. The number of piperidine rings is 1. The molecule has 0 aliphatic carbocycles. The maximum atomic E-state index is 12.9. The summed E-state index contributed by atoms with van der Waals surface area (Å²) in [6.45, 7) is 0.568. The lowest BCUT2D eigenvalue weighted by molar-refractivity contribution is -0.384. The van der Waals surface area contributed by atoms with Crippen molar-refractivity contribution in [1.82, 2.24) is 9.62 Å². The zero-order valence-electron chi connectivity index (χ0n) is 15.8. The van der Waals surface area contributed by atoms with Gasteiger partial charge in [0, 0.05) is 31.3 Å². The van der Waals surface area contributed by atoms with Gasteiger partial charge in [-0.05, 0) is 31.0 Å². The highest BCUT2D eigenvalue weighted by Crippen LogP contribution is 2.29. The minimum atomic E-state index is -3.36. The van der Waals surface area contributed by atoms with Crippen LogP contribution in [0, 0.1) is 10.1 Å². The van der Waals surface area contributed by atoms with Gasteiger partial charge in [0.05, 0.1) is 16.7 Å². The number of nitro benzene ring substituents is 1. The molecule has 2 aromatic carbocycles. The average molecular weight is 419 g/mol. The number of non-ortho nitro benzene ring substituents is 1. The number of para-hydroxylation sites is 1. The van der Waals surface area contributed by atoms with Crippen molar-refractivity contribution in [2.45, 2.75) is 18.9 Å². The number of nitro groups is 1. The molecular weight excluding hydrogens is 398 g/mol. The maximum absolute atomic E-state index is 12.9. The number of hydrogen-bond acceptors (Lipinski definition) is 6. The quantitative estimate of drug-likeness (QED) is 0.568. The van der Waals surface area contributed by atoms with Gasteiger partial charge in [-0.25, -0.2) is 12.7 Å². The number of nitrogens with zero attached hydrogens (tertiary/aromatic N) is 2. The second-order valence-electron chi connectivity index (χ2n) is 6.79. The molecule has 0 saturated carbocycles. The summed E-state index contributed by atoms with van der Waals surface area (Å²) in [5.74, 6) is 0.103. The van der Waals surface area contributed by atoms with E-state index in [1.807, 2.05) is 6.07 Å². The minimum absolute atomic E-state index is 0.0135. The molecule has 154 valence electrons. The van der Waals surface area contributed by atoms with E-state index in [1.54, 1.807) is 24.3 Å². The molecule has 9 nitrogen and oxygen atoms in total. The third kappa shape index (κ3) is 5.30. The van der Waals surface area contributed by atoms with Crippen LogP contribution in [-0.2, 0) is 10.0 Å². The molecule has 1 saturated heterocycles. The Balaban J connectivity index is 1.84. The topological polar surface area (TPSA) is 119 Å². The van der Waals surface area contributed by atoms with Crippen molar-refractivity contribution in [3.63, 3.8) is 0 Å². The van der Waals surface area contributed by atoms with Crippen LogP contribution in [0.15, 0.2) is 48.5 Å². The normalized spacial score (nSPS) is 17.5. The lowest BCUT2D eigenvalue weighted by Gasteiger charge is -2.31. The van der Waals surface area contributed by atoms with Crippen LogP contribution < -0.4 is 10.1 Å². The van der Waals surface area contributed by atoms with E-state index in [-0.39, 0.29) is 23.5 Å². The van der Waals surface area contributed by atoms with E-state index >= 15 is 0 Å². The molecule has 1 aliphatic rings. The number of sulfonamides is 1. The highest BCUT2D eigenvalue weighted by Gasteiger charge is 2.28. The van der Waals surface area contributed by atoms with Crippen LogP contribution in [0.5, 0.6) is 11.5 Å². The van der Waals surface area contributed by atoms with Crippen LogP contribution in [0.4, 0.5) is 5.69 Å². The van der Waals surface area contributed by atoms with Gasteiger partial charge in [0.25, 0.3) is 11.6 Å². The van der Waals surface area contributed by atoms with Crippen molar-refractivity contribution in [2.24, 2.45) is 0 Å². The first-order valence-electron chi connectivity index (χ1n) is 9.01. The Hall–Kier alpha value is -2.98.